The second-order valence-electron chi connectivity index (χ2n) is 6.58. The molecule has 4 rings (SSSR count). The third-order valence-corrected chi connectivity index (χ3v) is 7.72. The van der Waals surface area contributed by atoms with Crippen molar-refractivity contribution >= 4 is 27.3 Å². The molecule has 1 aromatic carbocycles. The summed E-state index contributed by atoms with van der Waals surface area (Å²) in [6, 6.07) is 11.1. The molecule has 3 heterocycles. The van der Waals surface area contributed by atoms with E-state index < -0.39 is 10.0 Å². The van der Waals surface area contributed by atoms with Crippen LogP contribution in [-0.4, -0.2) is 41.9 Å². The Balaban J connectivity index is 1.44. The quantitative estimate of drug-likeness (QED) is 0.646. The van der Waals surface area contributed by atoms with Crippen molar-refractivity contribution in [3.05, 3.63) is 58.4 Å². The van der Waals surface area contributed by atoms with Gasteiger partial charge in [0, 0.05) is 25.8 Å². The van der Waals surface area contributed by atoms with Crippen LogP contribution >= 0.6 is 11.3 Å². The fourth-order valence-electron chi connectivity index (χ4n) is 3.22. The van der Waals surface area contributed by atoms with Gasteiger partial charge in [0.05, 0.1) is 5.69 Å². The van der Waals surface area contributed by atoms with Crippen molar-refractivity contribution < 1.29 is 13.2 Å². The minimum atomic E-state index is -3.61. The van der Waals surface area contributed by atoms with Crippen LogP contribution in [-0.2, 0) is 16.6 Å². The molecule has 1 fully saturated rings. The third-order valence-electron chi connectivity index (χ3n) is 4.74. The Kier molecular flexibility index (Phi) is 5.29. The molecule has 0 radical (unpaired) electrons. The van der Waals surface area contributed by atoms with Gasteiger partial charge in [-0.05, 0) is 41.5 Å². The van der Waals surface area contributed by atoms with Crippen molar-refractivity contribution in [2.45, 2.75) is 24.3 Å². The number of rotatable bonds is 6. The summed E-state index contributed by atoms with van der Waals surface area (Å²) in [5.74, 6) is -0.370. The summed E-state index contributed by atoms with van der Waals surface area (Å²) in [4.78, 5) is 13.0. The SMILES string of the molecule is O=C(NCc1ccc(-c2ccn[nH]2)cc1)c1sccc1S(=O)(=O)N1CCCC1. The number of nitrogens with zero attached hydrogens (tertiary/aromatic N) is 2. The molecule has 2 N–H and O–H groups in total. The zero-order valence-electron chi connectivity index (χ0n) is 15.1. The Labute approximate surface area is 167 Å². The molecule has 7 nitrogen and oxygen atoms in total. The lowest BCUT2D eigenvalue weighted by Gasteiger charge is -2.15. The number of H-pyrrole nitrogens is 1. The molecule has 0 spiro atoms. The molecule has 28 heavy (non-hydrogen) atoms. The highest BCUT2D eigenvalue weighted by atomic mass is 32.2. The second-order valence-corrected chi connectivity index (χ2v) is 9.40. The zero-order chi connectivity index (χ0) is 19.6. The summed E-state index contributed by atoms with van der Waals surface area (Å²) in [7, 11) is -3.61. The van der Waals surface area contributed by atoms with Gasteiger partial charge < -0.3 is 5.32 Å². The zero-order valence-corrected chi connectivity index (χ0v) is 16.7. The van der Waals surface area contributed by atoms with Gasteiger partial charge >= 0.3 is 0 Å². The Morgan fingerprint density at radius 2 is 1.89 bits per heavy atom. The lowest BCUT2D eigenvalue weighted by atomic mass is 10.1. The minimum Gasteiger partial charge on any atom is -0.347 e. The van der Waals surface area contributed by atoms with Crippen LogP contribution in [0.1, 0.15) is 28.1 Å². The number of hydrogen-bond donors (Lipinski definition) is 2. The van der Waals surface area contributed by atoms with Gasteiger partial charge in [0.1, 0.15) is 9.77 Å². The Morgan fingerprint density at radius 1 is 1.14 bits per heavy atom. The standard InChI is InChI=1S/C19H20N4O3S2/c24-19(18-17(8-12-27-18)28(25,26)23-10-1-2-11-23)20-13-14-3-5-15(6-4-14)16-7-9-21-22-16/h3-9,12H,1-2,10-11,13H2,(H,20,24)(H,21,22). The summed E-state index contributed by atoms with van der Waals surface area (Å²) < 4.78 is 27.0. The average Bonchev–Trinajstić information content (AvgIpc) is 3.48. The molecule has 1 amide bonds. The first-order valence-electron chi connectivity index (χ1n) is 9.00. The van der Waals surface area contributed by atoms with E-state index in [0.717, 1.165) is 41.0 Å². The van der Waals surface area contributed by atoms with Crippen LogP contribution in [0.25, 0.3) is 11.3 Å². The Hall–Kier alpha value is -2.49. The Morgan fingerprint density at radius 3 is 2.57 bits per heavy atom. The van der Waals surface area contributed by atoms with E-state index in [9.17, 15) is 13.2 Å². The molecule has 0 bridgehead atoms. The number of aromatic amines is 1. The summed E-state index contributed by atoms with van der Waals surface area (Å²) in [6.45, 7) is 1.35. The van der Waals surface area contributed by atoms with Crippen molar-refractivity contribution in [1.82, 2.24) is 19.8 Å². The molecular formula is C19H20N4O3S2. The van der Waals surface area contributed by atoms with Crippen molar-refractivity contribution in [3.63, 3.8) is 0 Å². The number of benzene rings is 1. The topological polar surface area (TPSA) is 95.2 Å². The maximum atomic E-state index is 12.8. The van der Waals surface area contributed by atoms with E-state index in [0.29, 0.717) is 19.6 Å². The number of carbonyl (C=O) groups is 1. The van der Waals surface area contributed by atoms with Crippen LogP contribution in [0.2, 0.25) is 0 Å². The fraction of sp³-hybridized carbons (Fsp3) is 0.263. The van der Waals surface area contributed by atoms with E-state index in [1.807, 2.05) is 30.3 Å². The molecule has 1 aliphatic rings. The van der Waals surface area contributed by atoms with Crippen LogP contribution in [0.5, 0.6) is 0 Å². The number of thiophene rings is 1. The van der Waals surface area contributed by atoms with E-state index in [1.165, 1.54) is 10.4 Å². The van der Waals surface area contributed by atoms with Crippen molar-refractivity contribution in [3.8, 4) is 11.3 Å². The monoisotopic (exact) mass is 416 g/mol. The molecule has 3 aromatic rings. The van der Waals surface area contributed by atoms with E-state index in [2.05, 4.69) is 15.5 Å². The van der Waals surface area contributed by atoms with Gasteiger partial charge in [-0.25, -0.2) is 8.42 Å². The molecule has 0 unspecified atom stereocenters. The van der Waals surface area contributed by atoms with Crippen molar-refractivity contribution in [2.24, 2.45) is 0 Å². The van der Waals surface area contributed by atoms with Crippen LogP contribution in [0.15, 0.2) is 52.9 Å². The van der Waals surface area contributed by atoms with Gasteiger partial charge in [0.15, 0.2) is 0 Å². The minimum absolute atomic E-state index is 0.103. The van der Waals surface area contributed by atoms with E-state index >= 15 is 0 Å². The fourth-order valence-corrected chi connectivity index (χ4v) is 6.05. The van der Waals surface area contributed by atoms with Gasteiger partial charge in [-0.2, -0.15) is 9.40 Å². The number of sulfonamides is 1. The number of hydrogen-bond acceptors (Lipinski definition) is 5. The van der Waals surface area contributed by atoms with Crippen molar-refractivity contribution in [1.29, 1.82) is 0 Å². The number of amides is 1. The molecule has 0 saturated carbocycles. The molecule has 146 valence electrons. The average molecular weight is 417 g/mol. The predicted octanol–water partition coefficient (Wildman–Crippen LogP) is 2.85. The highest BCUT2D eigenvalue weighted by Crippen LogP contribution is 2.27. The maximum absolute atomic E-state index is 12.8. The third kappa shape index (κ3) is 3.73. The predicted molar refractivity (Wildman–Crippen MR) is 108 cm³/mol. The van der Waals surface area contributed by atoms with E-state index in [1.54, 1.807) is 11.6 Å². The highest BCUT2D eigenvalue weighted by Gasteiger charge is 2.31. The molecule has 1 saturated heterocycles. The van der Waals surface area contributed by atoms with Gasteiger partial charge in [-0.1, -0.05) is 24.3 Å². The lowest BCUT2D eigenvalue weighted by molar-refractivity contribution is 0.0952. The lowest BCUT2D eigenvalue weighted by Crippen LogP contribution is -2.30. The molecule has 9 heteroatoms. The van der Waals surface area contributed by atoms with Crippen LogP contribution in [0.3, 0.4) is 0 Å². The molecule has 0 aliphatic carbocycles. The molecule has 1 aliphatic heterocycles. The first kappa shape index (κ1) is 18.9. The number of carbonyl (C=O) groups excluding carboxylic acids is 1. The number of nitrogens with one attached hydrogen (secondary N) is 2. The van der Waals surface area contributed by atoms with Gasteiger partial charge in [-0.3, -0.25) is 9.89 Å². The largest absolute Gasteiger partial charge is 0.347 e. The summed E-state index contributed by atoms with van der Waals surface area (Å²) >= 11 is 1.15. The van der Waals surface area contributed by atoms with Crippen LogP contribution < -0.4 is 5.32 Å². The van der Waals surface area contributed by atoms with Crippen molar-refractivity contribution in [2.75, 3.05) is 13.1 Å². The summed E-state index contributed by atoms with van der Waals surface area (Å²) in [6.07, 6.45) is 3.41. The molecule has 2 aromatic heterocycles. The molecule has 0 atom stereocenters. The summed E-state index contributed by atoms with van der Waals surface area (Å²) in [5.41, 5.74) is 2.85. The van der Waals surface area contributed by atoms with Crippen LogP contribution in [0.4, 0.5) is 0 Å². The number of aromatic nitrogens is 2. The summed E-state index contributed by atoms with van der Waals surface area (Å²) in [5, 5.41) is 11.3. The first-order chi connectivity index (χ1) is 13.6. The van der Waals surface area contributed by atoms with E-state index in [4.69, 9.17) is 0 Å². The Bertz CT molecular complexity index is 1050. The smallest absolute Gasteiger partial charge is 0.263 e. The van der Waals surface area contributed by atoms with Gasteiger partial charge in [0.2, 0.25) is 10.0 Å². The van der Waals surface area contributed by atoms with E-state index in [-0.39, 0.29) is 15.7 Å². The second kappa shape index (κ2) is 7.86. The van der Waals surface area contributed by atoms with Gasteiger partial charge in [-0.15, -0.1) is 11.3 Å². The van der Waals surface area contributed by atoms with Crippen LogP contribution in [0, 0.1) is 0 Å². The molecular weight excluding hydrogens is 396 g/mol. The first-order valence-corrected chi connectivity index (χ1v) is 11.3. The maximum Gasteiger partial charge on any atom is 0.263 e. The highest BCUT2D eigenvalue weighted by molar-refractivity contribution is 7.89. The normalized spacial score (nSPS) is 15.0. The van der Waals surface area contributed by atoms with Gasteiger partial charge in [0.25, 0.3) is 5.91 Å².